The second kappa shape index (κ2) is 5.51. The van der Waals surface area contributed by atoms with Gasteiger partial charge >= 0.3 is 0 Å². The van der Waals surface area contributed by atoms with Gasteiger partial charge in [-0.25, -0.2) is 17.2 Å². The molecule has 2 rings (SSSR count). The van der Waals surface area contributed by atoms with Gasteiger partial charge in [0, 0.05) is 12.3 Å². The first-order valence-electron chi connectivity index (χ1n) is 6.33. The van der Waals surface area contributed by atoms with Crippen molar-refractivity contribution < 1.29 is 26.8 Å². The third-order valence-corrected chi connectivity index (χ3v) is 5.08. The third kappa shape index (κ3) is 2.80. The van der Waals surface area contributed by atoms with E-state index in [0.29, 0.717) is 0 Å². The van der Waals surface area contributed by atoms with E-state index < -0.39 is 44.4 Å². The Morgan fingerprint density at radius 3 is 2.38 bits per heavy atom. The molecule has 1 aromatic carbocycles. The number of hydrogen-bond donors (Lipinski definition) is 0. The molecular weight excluding hydrogens is 304 g/mol. The van der Waals surface area contributed by atoms with Crippen LogP contribution in [-0.2, 0) is 14.6 Å². The second-order valence-electron chi connectivity index (χ2n) is 4.63. The van der Waals surface area contributed by atoms with E-state index >= 15 is 0 Å². The van der Waals surface area contributed by atoms with E-state index in [0.717, 1.165) is 17.0 Å². The summed E-state index contributed by atoms with van der Waals surface area (Å²) in [7, 11) is -3.23. The van der Waals surface area contributed by atoms with Gasteiger partial charge in [0.15, 0.2) is 0 Å². The van der Waals surface area contributed by atoms with E-state index in [9.17, 15) is 26.8 Å². The first kappa shape index (κ1) is 15.6. The lowest BCUT2D eigenvalue weighted by molar-refractivity contribution is -0.114. The minimum absolute atomic E-state index is 0.0422. The highest BCUT2D eigenvalue weighted by Gasteiger charge is 2.40. The lowest BCUT2D eigenvalue weighted by Gasteiger charge is -2.16. The normalized spacial score (nSPS) is 14.7. The van der Waals surface area contributed by atoms with Crippen LogP contribution in [0.2, 0.25) is 0 Å². The van der Waals surface area contributed by atoms with Crippen molar-refractivity contribution in [3.05, 3.63) is 29.3 Å². The highest BCUT2D eigenvalue weighted by Crippen LogP contribution is 2.33. The zero-order chi connectivity index (χ0) is 15.8. The van der Waals surface area contributed by atoms with Gasteiger partial charge in [-0.15, -0.1) is 0 Å². The number of carbonyl (C=O) groups excluding carboxylic acids is 2. The van der Waals surface area contributed by atoms with Crippen LogP contribution in [-0.4, -0.2) is 38.2 Å². The van der Waals surface area contributed by atoms with Crippen molar-refractivity contribution in [1.29, 1.82) is 0 Å². The van der Waals surface area contributed by atoms with Gasteiger partial charge in [-0.3, -0.25) is 9.59 Å². The first-order valence-corrected chi connectivity index (χ1v) is 8.15. The molecule has 0 aromatic heterocycles. The molecular formula is C13H13F2NO4S. The minimum Gasteiger partial charge on any atom is -0.302 e. The molecule has 0 bridgehead atoms. The molecule has 1 aromatic rings. The molecule has 114 valence electrons. The number of carbonyl (C=O) groups is 2. The fraction of sp³-hybridized carbons (Fsp3) is 0.385. The van der Waals surface area contributed by atoms with Gasteiger partial charge in [0.05, 0.1) is 17.0 Å². The molecule has 0 radical (unpaired) electrons. The van der Waals surface area contributed by atoms with Crippen LogP contribution in [0.15, 0.2) is 12.1 Å². The molecule has 1 aliphatic heterocycles. The van der Waals surface area contributed by atoms with E-state index in [1.165, 1.54) is 6.92 Å². The SMILES string of the molecule is CCS(=O)(=O)CCCN1C(=O)C(=O)c2c(F)ccc(F)c21. The van der Waals surface area contributed by atoms with Gasteiger partial charge < -0.3 is 4.90 Å². The molecule has 21 heavy (non-hydrogen) atoms. The van der Waals surface area contributed by atoms with Gasteiger partial charge in [-0.2, -0.15) is 0 Å². The average Bonchev–Trinajstić information content (AvgIpc) is 2.69. The number of ketones is 1. The lowest BCUT2D eigenvalue weighted by Crippen LogP contribution is -2.32. The van der Waals surface area contributed by atoms with Crippen LogP contribution < -0.4 is 4.90 Å². The number of rotatable bonds is 5. The van der Waals surface area contributed by atoms with Gasteiger partial charge in [-0.1, -0.05) is 6.92 Å². The van der Waals surface area contributed by atoms with Crippen molar-refractivity contribution in [1.82, 2.24) is 0 Å². The van der Waals surface area contributed by atoms with Crippen LogP contribution >= 0.6 is 0 Å². The number of fused-ring (bicyclic) bond motifs is 1. The predicted molar refractivity (Wildman–Crippen MR) is 72.0 cm³/mol. The molecule has 0 aliphatic carbocycles. The molecule has 1 amide bonds. The molecule has 0 saturated carbocycles. The fourth-order valence-corrected chi connectivity index (χ4v) is 3.01. The molecule has 5 nitrogen and oxygen atoms in total. The summed E-state index contributed by atoms with van der Waals surface area (Å²) >= 11 is 0. The van der Waals surface area contributed by atoms with Gasteiger partial charge in [0.1, 0.15) is 21.5 Å². The second-order valence-corrected chi connectivity index (χ2v) is 7.10. The molecule has 0 atom stereocenters. The molecule has 8 heteroatoms. The van der Waals surface area contributed by atoms with Crippen molar-refractivity contribution in [3.63, 3.8) is 0 Å². The van der Waals surface area contributed by atoms with Gasteiger partial charge in [0.25, 0.3) is 11.7 Å². The molecule has 0 saturated heterocycles. The van der Waals surface area contributed by atoms with E-state index in [4.69, 9.17) is 0 Å². The van der Waals surface area contributed by atoms with Crippen LogP contribution in [0, 0.1) is 11.6 Å². The maximum Gasteiger partial charge on any atom is 0.299 e. The Morgan fingerprint density at radius 2 is 1.76 bits per heavy atom. The Labute approximate surface area is 120 Å². The predicted octanol–water partition coefficient (Wildman–Crippen LogP) is 1.32. The summed E-state index contributed by atoms with van der Waals surface area (Å²) in [6.45, 7) is 1.33. The summed E-state index contributed by atoms with van der Waals surface area (Å²) in [5.41, 5.74) is -0.989. The summed E-state index contributed by atoms with van der Waals surface area (Å²) in [4.78, 5) is 24.3. The summed E-state index contributed by atoms with van der Waals surface area (Å²) in [5, 5.41) is 0. The number of Topliss-reactive ketones (excluding diaryl/α,β-unsaturated/α-hetero) is 1. The van der Waals surface area contributed by atoms with Crippen molar-refractivity contribution >= 4 is 27.2 Å². The molecule has 1 aliphatic rings. The topological polar surface area (TPSA) is 71.5 Å². The number of benzene rings is 1. The number of halogens is 2. The summed E-state index contributed by atoms with van der Waals surface area (Å²) in [5.74, 6) is -4.23. The first-order chi connectivity index (χ1) is 9.78. The Kier molecular flexibility index (Phi) is 4.08. The Hall–Kier alpha value is -1.83. The molecule has 0 unspecified atom stereocenters. The van der Waals surface area contributed by atoms with Crippen LogP contribution in [0.3, 0.4) is 0 Å². The number of hydrogen-bond acceptors (Lipinski definition) is 4. The quantitative estimate of drug-likeness (QED) is 0.768. The third-order valence-electron chi connectivity index (χ3n) is 3.29. The number of nitrogens with zero attached hydrogens (tertiary/aromatic N) is 1. The molecule has 0 N–H and O–H groups in total. The van der Waals surface area contributed by atoms with Gasteiger partial charge in [-0.05, 0) is 18.6 Å². The molecule has 0 fully saturated rings. The summed E-state index contributed by atoms with van der Waals surface area (Å²) < 4.78 is 50.1. The van der Waals surface area contributed by atoms with Gasteiger partial charge in [0.2, 0.25) is 0 Å². The van der Waals surface area contributed by atoms with Crippen LogP contribution in [0.5, 0.6) is 0 Å². The highest BCUT2D eigenvalue weighted by atomic mass is 32.2. The largest absolute Gasteiger partial charge is 0.302 e. The maximum absolute atomic E-state index is 13.8. The maximum atomic E-state index is 13.8. The lowest BCUT2D eigenvalue weighted by atomic mass is 10.1. The Morgan fingerprint density at radius 1 is 1.14 bits per heavy atom. The van der Waals surface area contributed by atoms with Crippen molar-refractivity contribution in [2.45, 2.75) is 13.3 Å². The highest BCUT2D eigenvalue weighted by molar-refractivity contribution is 7.91. The average molecular weight is 317 g/mol. The monoisotopic (exact) mass is 317 g/mol. The standard InChI is InChI=1S/C13H13F2NO4S/c1-2-21(19,20)7-3-6-16-11-9(15)5-4-8(14)10(11)12(17)13(16)18/h4-5H,2-3,6-7H2,1H3. The van der Waals surface area contributed by atoms with E-state index in [1.807, 2.05) is 0 Å². The van der Waals surface area contributed by atoms with Crippen LogP contribution in [0.4, 0.5) is 14.5 Å². The molecule has 0 spiro atoms. The zero-order valence-electron chi connectivity index (χ0n) is 11.2. The minimum atomic E-state index is -3.23. The van der Waals surface area contributed by atoms with Crippen molar-refractivity contribution in [2.75, 3.05) is 23.0 Å². The fourth-order valence-electron chi connectivity index (χ4n) is 2.15. The van der Waals surface area contributed by atoms with Crippen LogP contribution in [0.1, 0.15) is 23.7 Å². The van der Waals surface area contributed by atoms with E-state index in [-0.39, 0.29) is 24.5 Å². The number of anilines is 1. The van der Waals surface area contributed by atoms with E-state index in [1.54, 1.807) is 0 Å². The summed E-state index contributed by atoms with van der Waals surface area (Å²) in [6, 6.07) is 1.61. The number of sulfone groups is 1. The molecule has 1 heterocycles. The zero-order valence-corrected chi connectivity index (χ0v) is 12.0. The number of amides is 1. The Bertz CT molecular complexity index is 715. The summed E-state index contributed by atoms with van der Waals surface area (Å²) in [6.07, 6.45) is 0.0462. The van der Waals surface area contributed by atoms with Crippen molar-refractivity contribution in [2.24, 2.45) is 0 Å². The van der Waals surface area contributed by atoms with Crippen molar-refractivity contribution in [3.8, 4) is 0 Å². The van der Waals surface area contributed by atoms with Crippen LogP contribution in [0.25, 0.3) is 0 Å². The smallest absolute Gasteiger partial charge is 0.299 e. The Balaban J connectivity index is 2.26. The van der Waals surface area contributed by atoms with E-state index in [2.05, 4.69) is 0 Å².